The largest absolute Gasteiger partial charge is 0.0628 e. The average Bonchev–Trinajstić information content (AvgIpc) is 1.97. The van der Waals surface area contributed by atoms with Gasteiger partial charge in [0.05, 0.1) is 0 Å². The van der Waals surface area contributed by atoms with Crippen LogP contribution in [0.2, 0.25) is 0 Å². The molecule has 1 unspecified atom stereocenters. The van der Waals surface area contributed by atoms with E-state index in [4.69, 9.17) is 0 Å². The van der Waals surface area contributed by atoms with Crippen LogP contribution in [-0.4, -0.2) is 0 Å². The normalized spacial score (nSPS) is 30.2. The number of rotatable bonds is 5. The van der Waals surface area contributed by atoms with E-state index in [9.17, 15) is 0 Å². The maximum absolute atomic E-state index is 2.46. The fourth-order valence-electron chi connectivity index (χ4n) is 2.51. The maximum Gasteiger partial charge on any atom is -0.0383 e. The van der Waals surface area contributed by atoms with E-state index in [-0.39, 0.29) is 0 Å². The first kappa shape index (κ1) is 11.1. The third-order valence-corrected chi connectivity index (χ3v) is 3.66. The molecular formula is C13H26. The van der Waals surface area contributed by atoms with Crippen molar-refractivity contribution in [2.75, 3.05) is 0 Å². The molecule has 0 spiro atoms. The lowest BCUT2D eigenvalue weighted by atomic mass is 9.69. The molecule has 0 amide bonds. The van der Waals surface area contributed by atoms with E-state index in [2.05, 4.69) is 27.7 Å². The summed E-state index contributed by atoms with van der Waals surface area (Å²) in [6, 6.07) is 0. The van der Waals surface area contributed by atoms with Crippen molar-refractivity contribution >= 4 is 0 Å². The van der Waals surface area contributed by atoms with Crippen molar-refractivity contribution in [3.63, 3.8) is 0 Å². The van der Waals surface area contributed by atoms with Gasteiger partial charge < -0.3 is 0 Å². The molecule has 1 saturated carbocycles. The summed E-state index contributed by atoms with van der Waals surface area (Å²) in [5.74, 6) is 3.99. The van der Waals surface area contributed by atoms with Crippen LogP contribution in [0.15, 0.2) is 0 Å². The average molecular weight is 182 g/mol. The highest BCUT2D eigenvalue weighted by atomic mass is 14.3. The van der Waals surface area contributed by atoms with Crippen LogP contribution < -0.4 is 0 Å². The first-order valence-electron chi connectivity index (χ1n) is 6.09. The Morgan fingerprint density at radius 2 is 1.69 bits per heavy atom. The Bertz CT molecular complexity index is 131. The molecule has 1 atom stereocenters. The van der Waals surface area contributed by atoms with Gasteiger partial charge in [-0.05, 0) is 36.5 Å². The van der Waals surface area contributed by atoms with Crippen molar-refractivity contribution < 1.29 is 0 Å². The van der Waals surface area contributed by atoms with Crippen molar-refractivity contribution in [1.29, 1.82) is 0 Å². The molecule has 0 saturated heterocycles. The van der Waals surface area contributed by atoms with Crippen LogP contribution in [0, 0.1) is 23.7 Å². The van der Waals surface area contributed by atoms with Gasteiger partial charge in [-0.1, -0.05) is 47.0 Å². The van der Waals surface area contributed by atoms with Gasteiger partial charge in [0.15, 0.2) is 0 Å². The van der Waals surface area contributed by atoms with E-state index in [0.717, 1.165) is 23.7 Å². The summed E-state index contributed by atoms with van der Waals surface area (Å²) >= 11 is 0. The van der Waals surface area contributed by atoms with Gasteiger partial charge in [0, 0.05) is 0 Å². The Morgan fingerprint density at radius 3 is 2.15 bits per heavy atom. The van der Waals surface area contributed by atoms with Crippen molar-refractivity contribution in [3.8, 4) is 0 Å². The summed E-state index contributed by atoms with van der Waals surface area (Å²) in [6.45, 7) is 9.50. The standard InChI is InChI=1S/C13H26/c1-10(2)6-5-7-12(4)13-8-11(3)9-13/h10-13H,5-9H2,1-4H3. The molecule has 78 valence electrons. The number of hydrogen-bond acceptors (Lipinski definition) is 0. The van der Waals surface area contributed by atoms with Crippen LogP contribution in [-0.2, 0) is 0 Å². The smallest absolute Gasteiger partial charge is 0.0383 e. The Balaban J connectivity index is 2.01. The van der Waals surface area contributed by atoms with Crippen molar-refractivity contribution in [2.24, 2.45) is 23.7 Å². The predicted molar refractivity (Wildman–Crippen MR) is 59.7 cm³/mol. The van der Waals surface area contributed by atoms with Gasteiger partial charge in [-0.3, -0.25) is 0 Å². The van der Waals surface area contributed by atoms with Crippen molar-refractivity contribution in [2.45, 2.75) is 59.8 Å². The van der Waals surface area contributed by atoms with Gasteiger partial charge in [0.25, 0.3) is 0 Å². The summed E-state index contributed by atoms with van der Waals surface area (Å²) in [6.07, 6.45) is 7.34. The molecule has 0 heterocycles. The van der Waals surface area contributed by atoms with Gasteiger partial charge in [-0.2, -0.15) is 0 Å². The van der Waals surface area contributed by atoms with Crippen LogP contribution in [0.4, 0.5) is 0 Å². The first-order valence-corrected chi connectivity index (χ1v) is 6.09. The Kier molecular flexibility index (Phi) is 4.28. The van der Waals surface area contributed by atoms with Gasteiger partial charge in [0.1, 0.15) is 0 Å². The molecule has 1 aliphatic carbocycles. The molecule has 1 fully saturated rings. The van der Waals surface area contributed by atoms with Crippen LogP contribution >= 0.6 is 0 Å². The minimum Gasteiger partial charge on any atom is -0.0628 e. The molecule has 0 aromatic rings. The van der Waals surface area contributed by atoms with E-state index in [1.165, 1.54) is 32.1 Å². The highest BCUT2D eigenvalue weighted by molar-refractivity contribution is 4.80. The SMILES string of the molecule is CC(C)CCCC(C)C1CC(C)C1. The molecule has 0 heteroatoms. The fraction of sp³-hybridized carbons (Fsp3) is 1.00. The van der Waals surface area contributed by atoms with Crippen molar-refractivity contribution in [3.05, 3.63) is 0 Å². The maximum atomic E-state index is 2.46. The Morgan fingerprint density at radius 1 is 1.08 bits per heavy atom. The molecule has 0 N–H and O–H groups in total. The summed E-state index contributed by atoms with van der Waals surface area (Å²) in [7, 11) is 0. The predicted octanol–water partition coefficient (Wildman–Crippen LogP) is 4.49. The summed E-state index contributed by atoms with van der Waals surface area (Å²) in [5.41, 5.74) is 0. The van der Waals surface area contributed by atoms with Crippen LogP contribution in [0.1, 0.15) is 59.8 Å². The van der Waals surface area contributed by atoms with Gasteiger partial charge in [0.2, 0.25) is 0 Å². The van der Waals surface area contributed by atoms with E-state index in [1.54, 1.807) is 0 Å². The molecular weight excluding hydrogens is 156 g/mol. The van der Waals surface area contributed by atoms with E-state index in [0.29, 0.717) is 0 Å². The molecule has 1 rings (SSSR count). The molecule has 0 aromatic heterocycles. The molecule has 0 nitrogen and oxygen atoms in total. The summed E-state index contributed by atoms with van der Waals surface area (Å²) in [5, 5.41) is 0. The molecule has 0 aromatic carbocycles. The van der Waals surface area contributed by atoms with Crippen LogP contribution in [0.25, 0.3) is 0 Å². The van der Waals surface area contributed by atoms with Crippen molar-refractivity contribution in [1.82, 2.24) is 0 Å². The molecule has 0 aliphatic heterocycles. The molecule has 1 aliphatic rings. The zero-order valence-electron chi connectivity index (χ0n) is 9.84. The second-order valence-corrected chi connectivity index (χ2v) is 5.64. The summed E-state index contributed by atoms with van der Waals surface area (Å²) in [4.78, 5) is 0. The molecule has 0 radical (unpaired) electrons. The minimum absolute atomic E-state index is 0.896. The third-order valence-electron chi connectivity index (χ3n) is 3.66. The lowest BCUT2D eigenvalue weighted by molar-refractivity contribution is 0.138. The highest BCUT2D eigenvalue weighted by Crippen LogP contribution is 2.40. The van der Waals surface area contributed by atoms with Crippen LogP contribution in [0.3, 0.4) is 0 Å². The Hall–Kier alpha value is 0. The second kappa shape index (κ2) is 5.02. The quantitative estimate of drug-likeness (QED) is 0.587. The zero-order valence-corrected chi connectivity index (χ0v) is 9.84. The van der Waals surface area contributed by atoms with E-state index >= 15 is 0 Å². The van der Waals surface area contributed by atoms with E-state index in [1.807, 2.05) is 0 Å². The minimum atomic E-state index is 0.896. The third kappa shape index (κ3) is 3.70. The van der Waals surface area contributed by atoms with Gasteiger partial charge in [-0.15, -0.1) is 0 Å². The van der Waals surface area contributed by atoms with E-state index < -0.39 is 0 Å². The second-order valence-electron chi connectivity index (χ2n) is 5.64. The molecule has 0 bridgehead atoms. The topological polar surface area (TPSA) is 0 Å². The lowest BCUT2D eigenvalue weighted by Gasteiger charge is -2.37. The molecule has 13 heavy (non-hydrogen) atoms. The summed E-state index contributed by atoms with van der Waals surface area (Å²) < 4.78 is 0. The fourth-order valence-corrected chi connectivity index (χ4v) is 2.51. The Labute approximate surface area is 84.1 Å². The monoisotopic (exact) mass is 182 g/mol. The number of hydrogen-bond donors (Lipinski definition) is 0. The van der Waals surface area contributed by atoms with Gasteiger partial charge in [-0.25, -0.2) is 0 Å². The first-order chi connectivity index (χ1) is 6.09. The highest BCUT2D eigenvalue weighted by Gasteiger charge is 2.29. The zero-order chi connectivity index (χ0) is 9.84. The van der Waals surface area contributed by atoms with Crippen LogP contribution in [0.5, 0.6) is 0 Å². The van der Waals surface area contributed by atoms with Gasteiger partial charge >= 0.3 is 0 Å². The lowest BCUT2D eigenvalue weighted by Crippen LogP contribution is -2.26.